The predicted molar refractivity (Wildman–Crippen MR) is 92.7 cm³/mol. The molecule has 0 saturated heterocycles. The first-order valence-corrected chi connectivity index (χ1v) is 7.30. The number of hydrogen-bond donors (Lipinski definition) is 0. The van der Waals surface area contributed by atoms with Gasteiger partial charge in [0.15, 0.2) is 0 Å². The third-order valence-electron chi connectivity index (χ3n) is 3.82. The van der Waals surface area contributed by atoms with Gasteiger partial charge in [-0.1, -0.05) is 66.4 Å². The highest BCUT2D eigenvalue weighted by atomic mass is 14.0. The summed E-state index contributed by atoms with van der Waals surface area (Å²) in [7, 11) is 0. The third kappa shape index (κ3) is 2.34. The lowest BCUT2D eigenvalue weighted by Gasteiger charge is -2.00. The van der Waals surface area contributed by atoms with Gasteiger partial charge in [-0.15, -0.1) is 0 Å². The summed E-state index contributed by atoms with van der Waals surface area (Å²) in [5.41, 5.74) is 2.08. The quantitative estimate of drug-likeness (QED) is 0.388. The van der Waals surface area contributed by atoms with Gasteiger partial charge in [-0.25, -0.2) is 0 Å². The minimum Gasteiger partial charge on any atom is -0.0616 e. The monoisotopic (exact) mass is 277 g/mol. The summed E-state index contributed by atoms with van der Waals surface area (Å²) in [5, 5.41) is 4.82. The number of benzene rings is 4. The maximum absolute atomic E-state index is 3.30. The largest absolute Gasteiger partial charge is 0.0616 e. The van der Waals surface area contributed by atoms with Crippen LogP contribution >= 0.6 is 0 Å². The molecule has 4 rings (SSSR count). The van der Waals surface area contributed by atoms with Crippen molar-refractivity contribution in [3.05, 3.63) is 96.1 Å². The van der Waals surface area contributed by atoms with Gasteiger partial charge in [0.25, 0.3) is 0 Å². The summed E-state index contributed by atoms with van der Waals surface area (Å²) in [5.74, 6) is 6.58. The Bertz CT molecular complexity index is 1020. The Morgan fingerprint density at radius 2 is 1.55 bits per heavy atom. The van der Waals surface area contributed by atoms with Gasteiger partial charge in [0.05, 0.1) is 0 Å². The van der Waals surface area contributed by atoms with E-state index in [0.29, 0.717) is 0 Å². The van der Waals surface area contributed by atoms with Crippen molar-refractivity contribution in [1.82, 2.24) is 0 Å². The molecule has 0 amide bonds. The SMILES string of the molecule is C(#Cc1cccc2cc[c]cc12)c1ccc2ccccc2c1. The maximum Gasteiger partial charge on any atom is 0.0327 e. The lowest BCUT2D eigenvalue weighted by Crippen LogP contribution is -1.80. The van der Waals surface area contributed by atoms with Crippen LogP contribution in [0.2, 0.25) is 0 Å². The minimum atomic E-state index is 1.04. The van der Waals surface area contributed by atoms with Gasteiger partial charge in [-0.05, 0) is 51.9 Å². The van der Waals surface area contributed by atoms with Gasteiger partial charge in [-0.3, -0.25) is 0 Å². The van der Waals surface area contributed by atoms with E-state index in [2.05, 4.69) is 78.6 Å². The molecule has 0 N–H and O–H groups in total. The standard InChI is InChI=1S/C22H13/c1-2-8-21-16-17(12-14-18(21)6-1)13-15-20-10-5-9-19-7-3-4-11-22(19)20/h1-3,5-12,14,16H. The third-order valence-corrected chi connectivity index (χ3v) is 3.82. The van der Waals surface area contributed by atoms with E-state index in [9.17, 15) is 0 Å². The molecule has 0 heteroatoms. The first-order valence-electron chi connectivity index (χ1n) is 7.30. The molecule has 0 aliphatic heterocycles. The van der Waals surface area contributed by atoms with Crippen molar-refractivity contribution in [1.29, 1.82) is 0 Å². The second kappa shape index (κ2) is 5.39. The normalized spacial score (nSPS) is 10.4. The average molecular weight is 277 g/mol. The van der Waals surface area contributed by atoms with Crippen molar-refractivity contribution in [3.63, 3.8) is 0 Å². The van der Waals surface area contributed by atoms with Gasteiger partial charge < -0.3 is 0 Å². The highest BCUT2D eigenvalue weighted by molar-refractivity contribution is 5.88. The Labute approximate surface area is 130 Å². The fraction of sp³-hybridized carbons (Fsp3) is 0. The van der Waals surface area contributed by atoms with Crippen molar-refractivity contribution in [2.75, 3.05) is 0 Å². The first-order chi connectivity index (χ1) is 10.9. The van der Waals surface area contributed by atoms with Crippen LogP contribution in [0.15, 0.2) is 78.9 Å². The van der Waals surface area contributed by atoms with Crippen LogP contribution in [0.1, 0.15) is 11.1 Å². The van der Waals surface area contributed by atoms with Crippen molar-refractivity contribution in [2.24, 2.45) is 0 Å². The van der Waals surface area contributed by atoms with Crippen LogP contribution in [-0.4, -0.2) is 0 Å². The molecule has 0 atom stereocenters. The molecular formula is C22H13. The van der Waals surface area contributed by atoms with E-state index in [0.717, 1.165) is 16.5 Å². The van der Waals surface area contributed by atoms with Gasteiger partial charge in [-0.2, -0.15) is 0 Å². The maximum atomic E-state index is 3.30. The van der Waals surface area contributed by atoms with Crippen LogP contribution in [0.4, 0.5) is 0 Å². The average Bonchev–Trinajstić information content (AvgIpc) is 2.60. The smallest absolute Gasteiger partial charge is 0.0327 e. The molecule has 101 valence electrons. The summed E-state index contributed by atoms with van der Waals surface area (Å²) in [6.07, 6.45) is 0. The molecule has 0 aliphatic carbocycles. The van der Waals surface area contributed by atoms with Gasteiger partial charge in [0, 0.05) is 11.1 Å². The predicted octanol–water partition coefficient (Wildman–Crippen LogP) is 5.19. The molecule has 0 aliphatic rings. The zero-order chi connectivity index (χ0) is 14.8. The van der Waals surface area contributed by atoms with E-state index in [1.54, 1.807) is 0 Å². The zero-order valence-corrected chi connectivity index (χ0v) is 12.0. The van der Waals surface area contributed by atoms with Crippen LogP contribution in [0.25, 0.3) is 21.5 Å². The molecule has 0 aromatic heterocycles. The van der Waals surface area contributed by atoms with E-state index in [1.807, 2.05) is 18.2 Å². The second-order valence-corrected chi connectivity index (χ2v) is 5.26. The fourth-order valence-corrected chi connectivity index (χ4v) is 2.67. The molecular weight excluding hydrogens is 264 g/mol. The van der Waals surface area contributed by atoms with Crippen LogP contribution in [0.5, 0.6) is 0 Å². The molecule has 0 saturated carbocycles. The van der Waals surface area contributed by atoms with E-state index in [4.69, 9.17) is 0 Å². The summed E-state index contributed by atoms with van der Waals surface area (Å²) < 4.78 is 0. The number of rotatable bonds is 0. The number of hydrogen-bond acceptors (Lipinski definition) is 0. The van der Waals surface area contributed by atoms with Crippen molar-refractivity contribution in [3.8, 4) is 11.8 Å². The van der Waals surface area contributed by atoms with Crippen molar-refractivity contribution < 1.29 is 0 Å². The number of fused-ring (bicyclic) bond motifs is 2. The van der Waals surface area contributed by atoms with Gasteiger partial charge in [0.2, 0.25) is 0 Å². The molecule has 4 aromatic rings. The highest BCUT2D eigenvalue weighted by Gasteiger charge is 1.97. The molecule has 0 nitrogen and oxygen atoms in total. The summed E-state index contributed by atoms with van der Waals surface area (Å²) in [6.45, 7) is 0. The van der Waals surface area contributed by atoms with Crippen LogP contribution in [0, 0.1) is 17.9 Å². The molecule has 4 aromatic carbocycles. The van der Waals surface area contributed by atoms with Crippen molar-refractivity contribution >= 4 is 21.5 Å². The van der Waals surface area contributed by atoms with E-state index >= 15 is 0 Å². The Hall–Kier alpha value is -3.04. The lowest BCUT2D eigenvalue weighted by molar-refractivity contribution is 1.67. The Morgan fingerprint density at radius 3 is 2.50 bits per heavy atom. The van der Waals surface area contributed by atoms with E-state index in [-0.39, 0.29) is 0 Å². The topological polar surface area (TPSA) is 0 Å². The highest BCUT2D eigenvalue weighted by Crippen LogP contribution is 2.18. The Kier molecular flexibility index (Phi) is 3.11. The van der Waals surface area contributed by atoms with E-state index in [1.165, 1.54) is 16.2 Å². The first kappa shape index (κ1) is 12.7. The lowest BCUT2D eigenvalue weighted by atomic mass is 10.0. The molecule has 1 radical (unpaired) electrons. The van der Waals surface area contributed by atoms with Crippen molar-refractivity contribution in [2.45, 2.75) is 0 Å². The van der Waals surface area contributed by atoms with Gasteiger partial charge >= 0.3 is 0 Å². The Balaban J connectivity index is 1.80. The van der Waals surface area contributed by atoms with Crippen LogP contribution in [-0.2, 0) is 0 Å². The molecule has 0 unspecified atom stereocenters. The molecule has 0 spiro atoms. The summed E-state index contributed by atoms with van der Waals surface area (Å²) >= 11 is 0. The van der Waals surface area contributed by atoms with Crippen LogP contribution in [0.3, 0.4) is 0 Å². The fourth-order valence-electron chi connectivity index (χ4n) is 2.67. The molecule has 0 bridgehead atoms. The zero-order valence-electron chi connectivity index (χ0n) is 12.0. The summed E-state index contributed by atoms with van der Waals surface area (Å²) in [4.78, 5) is 0. The molecule has 0 heterocycles. The van der Waals surface area contributed by atoms with Gasteiger partial charge in [0.1, 0.15) is 0 Å². The minimum absolute atomic E-state index is 1.04. The second-order valence-electron chi connectivity index (χ2n) is 5.26. The van der Waals surface area contributed by atoms with E-state index < -0.39 is 0 Å². The Morgan fingerprint density at radius 1 is 0.682 bits per heavy atom. The van der Waals surface area contributed by atoms with Crippen LogP contribution < -0.4 is 0 Å². The molecule has 0 fully saturated rings. The molecule has 22 heavy (non-hydrogen) atoms. The summed E-state index contributed by atoms with van der Waals surface area (Å²) in [6, 6.07) is 30.0.